The SMILES string of the molecule is CC(C)(C)NCc1cnccc1Oc1ccc(F)c(Cl)c1. The van der Waals surface area contributed by atoms with E-state index in [2.05, 4.69) is 31.1 Å². The van der Waals surface area contributed by atoms with Crippen molar-refractivity contribution in [3.63, 3.8) is 0 Å². The van der Waals surface area contributed by atoms with Gasteiger partial charge in [-0.3, -0.25) is 4.98 Å². The number of halogens is 2. The van der Waals surface area contributed by atoms with Crippen LogP contribution in [0.3, 0.4) is 0 Å². The Morgan fingerprint density at radius 2 is 2.05 bits per heavy atom. The van der Waals surface area contributed by atoms with Crippen LogP contribution in [0.4, 0.5) is 4.39 Å². The van der Waals surface area contributed by atoms with Crippen LogP contribution < -0.4 is 10.1 Å². The minimum absolute atomic E-state index is 0.00764. The number of aromatic nitrogens is 1. The van der Waals surface area contributed by atoms with Crippen molar-refractivity contribution in [2.45, 2.75) is 32.9 Å². The van der Waals surface area contributed by atoms with Gasteiger partial charge in [-0.1, -0.05) is 11.6 Å². The van der Waals surface area contributed by atoms with Crippen LogP contribution in [0.2, 0.25) is 5.02 Å². The summed E-state index contributed by atoms with van der Waals surface area (Å²) in [6, 6.07) is 6.06. The Morgan fingerprint density at radius 1 is 1.29 bits per heavy atom. The van der Waals surface area contributed by atoms with Crippen LogP contribution in [0.5, 0.6) is 11.5 Å². The molecule has 0 aliphatic rings. The molecule has 0 atom stereocenters. The third-order valence-corrected chi connectivity index (χ3v) is 3.08. The first kappa shape index (κ1) is 15.7. The molecule has 2 rings (SSSR count). The molecule has 1 aromatic carbocycles. The number of pyridine rings is 1. The van der Waals surface area contributed by atoms with Gasteiger partial charge in [0, 0.05) is 36.1 Å². The maximum absolute atomic E-state index is 13.2. The first-order valence-corrected chi connectivity index (χ1v) is 7.04. The van der Waals surface area contributed by atoms with E-state index in [9.17, 15) is 4.39 Å². The summed E-state index contributed by atoms with van der Waals surface area (Å²) in [4.78, 5) is 4.11. The van der Waals surface area contributed by atoms with Crippen molar-refractivity contribution in [1.82, 2.24) is 10.3 Å². The lowest BCUT2D eigenvalue weighted by Crippen LogP contribution is -2.35. The molecule has 0 saturated carbocycles. The number of nitrogens with zero attached hydrogens (tertiary/aromatic N) is 1. The molecule has 0 aliphatic heterocycles. The zero-order valence-electron chi connectivity index (χ0n) is 12.3. The fourth-order valence-corrected chi connectivity index (χ4v) is 1.84. The summed E-state index contributed by atoms with van der Waals surface area (Å²) in [6.45, 7) is 6.89. The molecule has 0 unspecified atom stereocenters. The monoisotopic (exact) mass is 308 g/mol. The van der Waals surface area contributed by atoms with Gasteiger partial charge >= 0.3 is 0 Å². The first-order valence-electron chi connectivity index (χ1n) is 6.66. The standard InChI is InChI=1S/C16H18ClFN2O/c1-16(2,3)20-10-11-9-19-7-6-15(11)21-12-4-5-14(18)13(17)8-12/h4-9,20H,10H2,1-3H3. The molecule has 112 valence electrons. The van der Waals surface area contributed by atoms with Crippen molar-refractivity contribution in [3.8, 4) is 11.5 Å². The Morgan fingerprint density at radius 3 is 2.71 bits per heavy atom. The first-order chi connectivity index (χ1) is 9.85. The second-order valence-electron chi connectivity index (χ2n) is 5.76. The van der Waals surface area contributed by atoms with Gasteiger partial charge in [-0.2, -0.15) is 0 Å². The predicted molar refractivity (Wildman–Crippen MR) is 82.3 cm³/mol. The molecule has 1 heterocycles. The number of rotatable bonds is 4. The zero-order valence-corrected chi connectivity index (χ0v) is 13.0. The van der Waals surface area contributed by atoms with Crippen molar-refractivity contribution in [1.29, 1.82) is 0 Å². The molecule has 21 heavy (non-hydrogen) atoms. The van der Waals surface area contributed by atoms with E-state index in [-0.39, 0.29) is 10.6 Å². The second-order valence-corrected chi connectivity index (χ2v) is 6.17. The minimum atomic E-state index is -0.464. The molecule has 0 radical (unpaired) electrons. The second kappa shape index (κ2) is 6.41. The highest BCUT2D eigenvalue weighted by Crippen LogP contribution is 2.28. The summed E-state index contributed by atoms with van der Waals surface area (Å²) in [5, 5.41) is 3.42. The molecular formula is C16H18ClFN2O. The van der Waals surface area contributed by atoms with Crippen molar-refractivity contribution in [2.24, 2.45) is 0 Å². The van der Waals surface area contributed by atoms with E-state index in [1.54, 1.807) is 24.5 Å². The van der Waals surface area contributed by atoms with Gasteiger partial charge in [0.2, 0.25) is 0 Å². The molecule has 0 fully saturated rings. The largest absolute Gasteiger partial charge is 0.457 e. The van der Waals surface area contributed by atoms with E-state index in [1.165, 1.54) is 12.1 Å². The summed E-state index contributed by atoms with van der Waals surface area (Å²) in [7, 11) is 0. The van der Waals surface area contributed by atoms with Crippen LogP contribution in [-0.4, -0.2) is 10.5 Å². The third kappa shape index (κ3) is 4.69. The molecule has 1 N–H and O–H groups in total. The van der Waals surface area contributed by atoms with Gasteiger partial charge in [0.05, 0.1) is 5.02 Å². The molecule has 5 heteroatoms. The highest BCUT2D eigenvalue weighted by molar-refractivity contribution is 6.30. The molecule has 3 nitrogen and oxygen atoms in total. The minimum Gasteiger partial charge on any atom is -0.457 e. The predicted octanol–water partition coefficient (Wildman–Crippen LogP) is 4.55. The summed E-state index contributed by atoms with van der Waals surface area (Å²) >= 11 is 5.76. The number of nitrogens with one attached hydrogen (secondary N) is 1. The number of hydrogen-bond donors (Lipinski definition) is 1. The smallest absolute Gasteiger partial charge is 0.142 e. The van der Waals surface area contributed by atoms with Gasteiger partial charge < -0.3 is 10.1 Å². The van der Waals surface area contributed by atoms with Gasteiger partial charge in [-0.25, -0.2) is 4.39 Å². The van der Waals surface area contributed by atoms with Gasteiger partial charge in [0.15, 0.2) is 0 Å². The Labute approximate surface area is 129 Å². The van der Waals surface area contributed by atoms with E-state index in [4.69, 9.17) is 16.3 Å². The fourth-order valence-electron chi connectivity index (χ4n) is 1.67. The summed E-state index contributed by atoms with van der Waals surface area (Å²) in [5.41, 5.74) is 0.916. The van der Waals surface area contributed by atoms with Crippen molar-refractivity contribution >= 4 is 11.6 Å². The van der Waals surface area contributed by atoms with Crippen LogP contribution in [0, 0.1) is 5.82 Å². The topological polar surface area (TPSA) is 34.2 Å². The molecule has 0 spiro atoms. The molecule has 0 aliphatic carbocycles. The van der Waals surface area contributed by atoms with E-state index in [0.717, 1.165) is 5.56 Å². The average molecular weight is 309 g/mol. The highest BCUT2D eigenvalue weighted by atomic mass is 35.5. The molecule has 1 aromatic heterocycles. The lowest BCUT2D eigenvalue weighted by Gasteiger charge is -2.21. The molecule has 2 aromatic rings. The van der Waals surface area contributed by atoms with Crippen LogP contribution in [0.1, 0.15) is 26.3 Å². The maximum atomic E-state index is 13.2. The van der Waals surface area contributed by atoms with Crippen LogP contribution in [0.15, 0.2) is 36.7 Å². The quantitative estimate of drug-likeness (QED) is 0.899. The molecule has 0 bridgehead atoms. The summed E-state index contributed by atoms with van der Waals surface area (Å²) < 4.78 is 18.9. The number of ether oxygens (including phenoxy) is 1. The normalized spacial score (nSPS) is 11.5. The van der Waals surface area contributed by atoms with Gasteiger partial charge in [-0.05, 0) is 39.0 Å². The number of hydrogen-bond acceptors (Lipinski definition) is 3. The van der Waals surface area contributed by atoms with Crippen molar-refractivity contribution in [3.05, 3.63) is 53.1 Å². The number of benzene rings is 1. The Kier molecular flexibility index (Phi) is 4.80. The summed E-state index contributed by atoms with van der Waals surface area (Å²) in [5.74, 6) is 0.697. The molecule has 0 amide bonds. The van der Waals surface area contributed by atoms with Crippen molar-refractivity contribution < 1.29 is 9.13 Å². The van der Waals surface area contributed by atoms with E-state index >= 15 is 0 Å². The lowest BCUT2D eigenvalue weighted by atomic mass is 10.1. The van der Waals surface area contributed by atoms with Gasteiger partial charge in [-0.15, -0.1) is 0 Å². The molecule has 0 saturated heterocycles. The molecular weight excluding hydrogens is 291 g/mol. The Hall–Kier alpha value is -1.65. The van der Waals surface area contributed by atoms with Crippen LogP contribution >= 0.6 is 11.6 Å². The lowest BCUT2D eigenvalue weighted by molar-refractivity contribution is 0.413. The zero-order chi connectivity index (χ0) is 15.5. The Balaban J connectivity index is 2.17. The third-order valence-electron chi connectivity index (χ3n) is 2.79. The van der Waals surface area contributed by atoms with Crippen molar-refractivity contribution in [2.75, 3.05) is 0 Å². The highest BCUT2D eigenvalue weighted by Gasteiger charge is 2.12. The van der Waals surface area contributed by atoms with E-state index in [1.807, 2.05) is 0 Å². The van der Waals surface area contributed by atoms with E-state index < -0.39 is 5.82 Å². The van der Waals surface area contributed by atoms with Crippen LogP contribution in [-0.2, 0) is 6.54 Å². The Bertz CT molecular complexity index is 626. The maximum Gasteiger partial charge on any atom is 0.142 e. The van der Waals surface area contributed by atoms with Crippen LogP contribution in [0.25, 0.3) is 0 Å². The summed E-state index contributed by atoms with van der Waals surface area (Å²) in [6.07, 6.45) is 3.40. The van der Waals surface area contributed by atoms with E-state index in [0.29, 0.717) is 18.0 Å². The van der Waals surface area contributed by atoms with Gasteiger partial charge in [0.1, 0.15) is 17.3 Å². The van der Waals surface area contributed by atoms with Gasteiger partial charge in [0.25, 0.3) is 0 Å². The average Bonchev–Trinajstić information content (AvgIpc) is 2.41. The fraction of sp³-hybridized carbons (Fsp3) is 0.312.